The Balaban J connectivity index is 0.00000200. The second kappa shape index (κ2) is 7.82. The number of carbonyl (C=O) groups excluding carboxylic acids is 1. The monoisotopic (exact) mass is 358 g/mol. The van der Waals surface area contributed by atoms with Gasteiger partial charge in [0.1, 0.15) is 4.34 Å². The zero-order valence-corrected chi connectivity index (χ0v) is 14.1. The van der Waals surface area contributed by atoms with Crippen molar-refractivity contribution in [1.29, 1.82) is 0 Å². The molecule has 20 heavy (non-hydrogen) atoms. The van der Waals surface area contributed by atoms with Crippen LogP contribution in [0.1, 0.15) is 23.2 Å². The first-order chi connectivity index (χ1) is 9.06. The summed E-state index contributed by atoms with van der Waals surface area (Å²) in [6, 6.07) is 1.59. The van der Waals surface area contributed by atoms with E-state index in [-0.39, 0.29) is 23.9 Å². The third-order valence-corrected chi connectivity index (χ3v) is 4.73. The number of hydrogen-bond acceptors (Lipinski definition) is 4. The highest BCUT2D eigenvalue weighted by Crippen LogP contribution is 2.31. The largest absolute Gasteiger partial charge is 0.383 e. The van der Waals surface area contributed by atoms with Crippen LogP contribution in [0.2, 0.25) is 8.67 Å². The van der Waals surface area contributed by atoms with Crippen molar-refractivity contribution in [3.8, 4) is 0 Å². The van der Waals surface area contributed by atoms with Gasteiger partial charge in [-0.2, -0.15) is 0 Å². The highest BCUT2D eigenvalue weighted by Gasteiger charge is 2.34. The molecule has 1 amide bonds. The Morgan fingerprint density at radius 3 is 2.85 bits per heavy atom. The lowest BCUT2D eigenvalue weighted by atomic mass is 9.98. The summed E-state index contributed by atoms with van der Waals surface area (Å²) in [5, 5.41) is 6.30. The number of amides is 1. The fourth-order valence-corrected chi connectivity index (χ4v) is 3.77. The lowest BCUT2D eigenvalue weighted by Gasteiger charge is -2.28. The molecule has 1 atom stereocenters. The van der Waals surface area contributed by atoms with Gasteiger partial charge >= 0.3 is 0 Å². The van der Waals surface area contributed by atoms with Crippen molar-refractivity contribution in [1.82, 2.24) is 10.6 Å². The molecule has 0 aliphatic carbocycles. The number of halogens is 3. The highest BCUT2D eigenvalue weighted by atomic mass is 35.5. The van der Waals surface area contributed by atoms with Crippen LogP contribution in [-0.4, -0.2) is 38.3 Å². The van der Waals surface area contributed by atoms with Crippen LogP contribution in [0.5, 0.6) is 0 Å². The van der Waals surface area contributed by atoms with Crippen LogP contribution in [0.4, 0.5) is 0 Å². The van der Waals surface area contributed by atoms with E-state index in [1.165, 1.54) is 11.3 Å². The smallest absolute Gasteiger partial charge is 0.253 e. The van der Waals surface area contributed by atoms with Gasteiger partial charge in [-0.25, -0.2) is 0 Å². The van der Waals surface area contributed by atoms with Crippen molar-refractivity contribution in [3.63, 3.8) is 0 Å². The third-order valence-electron chi connectivity index (χ3n) is 3.24. The van der Waals surface area contributed by atoms with Gasteiger partial charge in [-0.1, -0.05) is 23.2 Å². The topological polar surface area (TPSA) is 50.4 Å². The van der Waals surface area contributed by atoms with Gasteiger partial charge in [-0.15, -0.1) is 23.7 Å². The van der Waals surface area contributed by atoms with Gasteiger partial charge < -0.3 is 15.4 Å². The fraction of sp³-hybridized carbons (Fsp3) is 0.583. The quantitative estimate of drug-likeness (QED) is 0.850. The van der Waals surface area contributed by atoms with E-state index in [2.05, 4.69) is 10.6 Å². The van der Waals surface area contributed by atoms with Crippen LogP contribution in [0.25, 0.3) is 0 Å². The van der Waals surface area contributed by atoms with E-state index >= 15 is 0 Å². The molecule has 1 fully saturated rings. The van der Waals surface area contributed by atoms with Crippen molar-refractivity contribution in [2.75, 3.05) is 26.8 Å². The average molecular weight is 360 g/mol. The zero-order chi connectivity index (χ0) is 13.9. The molecule has 1 aliphatic rings. The molecule has 1 aliphatic heterocycles. The molecule has 2 heterocycles. The first-order valence-corrected chi connectivity index (χ1v) is 7.60. The molecule has 8 heteroatoms. The maximum atomic E-state index is 12.1. The number of ether oxygens (including phenoxy) is 1. The fourth-order valence-electron chi connectivity index (χ4n) is 2.31. The molecular weight excluding hydrogens is 343 g/mol. The zero-order valence-electron chi connectivity index (χ0n) is 11.0. The van der Waals surface area contributed by atoms with Crippen LogP contribution in [0.15, 0.2) is 6.07 Å². The normalized spacial score (nSPS) is 21.6. The van der Waals surface area contributed by atoms with Gasteiger partial charge in [-0.3, -0.25) is 4.79 Å². The lowest BCUT2D eigenvalue weighted by Crippen LogP contribution is -2.52. The predicted molar refractivity (Wildman–Crippen MR) is 85.8 cm³/mol. The standard InChI is InChI=1S/C12H16Cl2N2O2S.ClH/c1-18-7-12(3-2-4-16-12)6-15-11(17)8-5-9(13)19-10(8)14;/h5,16H,2-4,6-7H2,1H3,(H,15,17);1H. The van der Waals surface area contributed by atoms with Crippen LogP contribution in [0.3, 0.4) is 0 Å². The number of thiophene rings is 1. The molecule has 1 unspecified atom stereocenters. The van der Waals surface area contributed by atoms with E-state index < -0.39 is 0 Å². The van der Waals surface area contributed by atoms with Crippen molar-refractivity contribution in [2.24, 2.45) is 0 Å². The maximum Gasteiger partial charge on any atom is 0.253 e. The number of carbonyl (C=O) groups is 1. The Bertz CT molecular complexity index is 462. The minimum Gasteiger partial charge on any atom is -0.383 e. The predicted octanol–water partition coefficient (Wildman–Crippen LogP) is 2.98. The minimum atomic E-state index is -0.197. The Kier molecular flexibility index (Phi) is 7.04. The van der Waals surface area contributed by atoms with Crippen LogP contribution < -0.4 is 10.6 Å². The first kappa shape index (κ1) is 18.0. The first-order valence-electron chi connectivity index (χ1n) is 6.03. The van der Waals surface area contributed by atoms with Gasteiger partial charge in [-0.05, 0) is 25.5 Å². The summed E-state index contributed by atoms with van der Waals surface area (Å²) in [6.45, 7) is 2.04. The van der Waals surface area contributed by atoms with E-state index in [9.17, 15) is 4.79 Å². The summed E-state index contributed by atoms with van der Waals surface area (Å²) in [5.74, 6) is -0.197. The molecule has 0 aromatic carbocycles. The van der Waals surface area contributed by atoms with Crippen molar-refractivity contribution in [3.05, 3.63) is 20.3 Å². The van der Waals surface area contributed by atoms with Crippen LogP contribution >= 0.6 is 46.9 Å². The Morgan fingerprint density at radius 1 is 1.60 bits per heavy atom. The maximum absolute atomic E-state index is 12.1. The lowest BCUT2D eigenvalue weighted by molar-refractivity contribution is 0.0892. The molecule has 1 saturated heterocycles. The molecule has 0 spiro atoms. The second-order valence-corrected chi connectivity index (χ2v) is 6.95. The van der Waals surface area contributed by atoms with Crippen LogP contribution in [-0.2, 0) is 4.74 Å². The summed E-state index contributed by atoms with van der Waals surface area (Å²) >= 11 is 13.0. The molecule has 4 nitrogen and oxygen atoms in total. The number of hydrogen-bond donors (Lipinski definition) is 2. The van der Waals surface area contributed by atoms with Crippen LogP contribution in [0, 0.1) is 0 Å². The van der Waals surface area contributed by atoms with E-state index in [0.29, 0.717) is 27.4 Å². The minimum absolute atomic E-state index is 0. The van der Waals surface area contributed by atoms with Crippen molar-refractivity contribution >= 4 is 52.9 Å². The molecule has 114 valence electrons. The Hall–Kier alpha value is -0.0400. The Morgan fingerprint density at radius 2 is 2.35 bits per heavy atom. The van der Waals surface area contributed by atoms with Gasteiger partial charge in [0.25, 0.3) is 5.91 Å². The molecule has 0 saturated carbocycles. The van der Waals surface area contributed by atoms with Gasteiger partial charge in [0, 0.05) is 13.7 Å². The van der Waals surface area contributed by atoms with E-state index in [4.69, 9.17) is 27.9 Å². The van der Waals surface area contributed by atoms with Crippen molar-refractivity contribution in [2.45, 2.75) is 18.4 Å². The summed E-state index contributed by atoms with van der Waals surface area (Å²) in [5.41, 5.74) is 0.263. The summed E-state index contributed by atoms with van der Waals surface area (Å²) in [6.07, 6.45) is 2.07. The van der Waals surface area contributed by atoms with Crippen molar-refractivity contribution < 1.29 is 9.53 Å². The third kappa shape index (κ3) is 4.23. The average Bonchev–Trinajstić information content (AvgIpc) is 2.94. The molecule has 0 radical (unpaired) electrons. The van der Waals surface area contributed by atoms with E-state index in [1.54, 1.807) is 13.2 Å². The van der Waals surface area contributed by atoms with Gasteiger partial charge in [0.05, 0.1) is 22.0 Å². The molecule has 2 N–H and O–H groups in total. The number of methoxy groups -OCH3 is 1. The molecule has 1 aromatic heterocycles. The Labute approximate surface area is 138 Å². The van der Waals surface area contributed by atoms with Gasteiger partial charge in [0.2, 0.25) is 0 Å². The SMILES string of the molecule is COCC1(CNC(=O)c2cc(Cl)sc2Cl)CCCN1.Cl. The van der Waals surface area contributed by atoms with E-state index in [0.717, 1.165) is 19.4 Å². The molecule has 1 aromatic rings. The highest BCUT2D eigenvalue weighted by molar-refractivity contribution is 7.20. The second-order valence-electron chi connectivity index (χ2n) is 4.66. The number of nitrogens with one attached hydrogen (secondary N) is 2. The van der Waals surface area contributed by atoms with E-state index in [1.807, 2.05) is 0 Å². The summed E-state index contributed by atoms with van der Waals surface area (Å²) in [4.78, 5) is 12.1. The van der Waals surface area contributed by atoms with Gasteiger partial charge in [0.15, 0.2) is 0 Å². The summed E-state index contributed by atoms with van der Waals surface area (Å²) < 4.78 is 6.17. The molecular formula is C12H17Cl3N2O2S. The molecule has 2 rings (SSSR count). The number of rotatable bonds is 5. The molecule has 0 bridgehead atoms. The summed E-state index contributed by atoms with van der Waals surface area (Å²) in [7, 11) is 1.67.